The summed E-state index contributed by atoms with van der Waals surface area (Å²) >= 11 is 0. The number of methoxy groups -OCH3 is 1. The molecule has 236 valence electrons. The van der Waals surface area contributed by atoms with Crippen molar-refractivity contribution in [1.29, 1.82) is 0 Å². The van der Waals surface area contributed by atoms with E-state index in [1.54, 1.807) is 36.4 Å². The van der Waals surface area contributed by atoms with E-state index in [-0.39, 0.29) is 58.3 Å². The first-order valence-electron chi connectivity index (χ1n) is 15.5. The Morgan fingerprint density at radius 3 is 2.15 bits per heavy atom. The third-order valence-corrected chi connectivity index (χ3v) is 9.61. The Morgan fingerprint density at radius 1 is 0.702 bits per heavy atom. The fourth-order valence-electron chi connectivity index (χ4n) is 7.49. The molecule has 2 saturated carbocycles. The summed E-state index contributed by atoms with van der Waals surface area (Å²) in [6.45, 7) is -0.526. The zero-order valence-electron chi connectivity index (χ0n) is 25.5. The van der Waals surface area contributed by atoms with Gasteiger partial charge in [0.1, 0.15) is 11.5 Å². The standard InChI is InChI=1S/C38H31NO8/c1-45-29-12-6-10-25(18-29)38(44)47-28-15-13-23(14-16-28)32(40)21-46-37(43)24-9-5-11-27(17-24)39-35(41)33-26-19-30(22-7-3-2-4-8-22)31(20-26)34(33)36(39)42/h2-18,26,30-31,33-34H,19-21H2,1H3/t26-,30+,31+,33+,34+/m0/s1. The number of carbonyl (C=O) groups is 5. The van der Waals surface area contributed by atoms with Gasteiger partial charge in [0.2, 0.25) is 11.8 Å². The SMILES string of the molecule is COc1cccc(C(=O)Oc2ccc(C(=O)COC(=O)c3cccc(N4C(=O)[C@@H]5[C@@H]6C[C@@H]([C@H]5C4=O)[C@@H](c4ccccc4)C6)c3)cc2)c1. The molecule has 2 bridgehead atoms. The highest BCUT2D eigenvalue weighted by atomic mass is 16.5. The largest absolute Gasteiger partial charge is 0.497 e. The van der Waals surface area contributed by atoms with Crippen molar-refractivity contribution in [3.8, 4) is 11.5 Å². The van der Waals surface area contributed by atoms with Gasteiger partial charge in [0.25, 0.3) is 0 Å². The lowest BCUT2D eigenvalue weighted by Crippen LogP contribution is -2.33. The van der Waals surface area contributed by atoms with Crippen LogP contribution in [0.25, 0.3) is 0 Å². The van der Waals surface area contributed by atoms with Crippen LogP contribution in [0.3, 0.4) is 0 Å². The predicted molar refractivity (Wildman–Crippen MR) is 170 cm³/mol. The van der Waals surface area contributed by atoms with Crippen molar-refractivity contribution in [1.82, 2.24) is 0 Å². The highest BCUT2D eigenvalue weighted by molar-refractivity contribution is 6.23. The first-order valence-corrected chi connectivity index (χ1v) is 15.5. The van der Waals surface area contributed by atoms with E-state index in [1.807, 2.05) is 18.2 Å². The smallest absolute Gasteiger partial charge is 0.343 e. The molecule has 1 aliphatic heterocycles. The van der Waals surface area contributed by atoms with Crippen molar-refractivity contribution in [3.63, 3.8) is 0 Å². The predicted octanol–water partition coefficient (Wildman–Crippen LogP) is 5.88. The van der Waals surface area contributed by atoms with Crippen LogP contribution in [-0.2, 0) is 14.3 Å². The lowest BCUT2D eigenvalue weighted by molar-refractivity contribution is -0.123. The molecular formula is C38H31NO8. The maximum Gasteiger partial charge on any atom is 0.343 e. The molecule has 0 radical (unpaired) electrons. The quantitative estimate of drug-likeness (QED) is 0.0975. The van der Waals surface area contributed by atoms with Gasteiger partial charge in [-0.15, -0.1) is 0 Å². The van der Waals surface area contributed by atoms with E-state index in [1.165, 1.54) is 54.0 Å². The van der Waals surface area contributed by atoms with Crippen molar-refractivity contribution in [3.05, 3.63) is 125 Å². The zero-order chi connectivity index (χ0) is 32.7. The fourth-order valence-corrected chi connectivity index (χ4v) is 7.49. The van der Waals surface area contributed by atoms with Gasteiger partial charge >= 0.3 is 11.9 Å². The van der Waals surface area contributed by atoms with Gasteiger partial charge in [-0.05, 0) is 96.8 Å². The monoisotopic (exact) mass is 629 g/mol. The third-order valence-electron chi connectivity index (χ3n) is 9.61. The molecule has 4 aromatic carbocycles. The van der Waals surface area contributed by atoms with Crippen LogP contribution in [0.15, 0.2) is 103 Å². The van der Waals surface area contributed by atoms with Crippen LogP contribution in [-0.4, -0.2) is 43.3 Å². The summed E-state index contributed by atoms with van der Waals surface area (Å²) in [5.41, 5.74) is 2.23. The number of ketones is 1. The molecule has 3 aliphatic rings. The lowest BCUT2D eigenvalue weighted by atomic mass is 9.73. The van der Waals surface area contributed by atoms with Gasteiger partial charge in [0.05, 0.1) is 35.8 Å². The number of nitrogens with zero attached hydrogens (tertiary/aromatic N) is 1. The molecule has 5 atom stereocenters. The summed E-state index contributed by atoms with van der Waals surface area (Å²) in [4.78, 5) is 66.7. The second-order valence-corrected chi connectivity index (χ2v) is 12.2. The van der Waals surface area contributed by atoms with Crippen molar-refractivity contribution < 1.29 is 38.2 Å². The first kappa shape index (κ1) is 30.1. The molecule has 3 fully saturated rings. The van der Waals surface area contributed by atoms with E-state index < -0.39 is 24.3 Å². The molecule has 0 aromatic heterocycles. The van der Waals surface area contributed by atoms with Crippen LogP contribution in [0.2, 0.25) is 0 Å². The summed E-state index contributed by atoms with van der Waals surface area (Å²) < 4.78 is 15.8. The van der Waals surface area contributed by atoms with Gasteiger partial charge in [0, 0.05) is 5.56 Å². The first-order chi connectivity index (χ1) is 22.8. The number of esters is 2. The molecule has 2 amide bonds. The van der Waals surface area contributed by atoms with E-state index in [4.69, 9.17) is 14.2 Å². The van der Waals surface area contributed by atoms with Gasteiger partial charge < -0.3 is 14.2 Å². The molecule has 47 heavy (non-hydrogen) atoms. The van der Waals surface area contributed by atoms with Gasteiger partial charge in [-0.25, -0.2) is 9.59 Å². The molecule has 9 heteroatoms. The van der Waals surface area contributed by atoms with Crippen molar-refractivity contribution in [2.75, 3.05) is 18.6 Å². The van der Waals surface area contributed by atoms with E-state index in [9.17, 15) is 24.0 Å². The molecule has 1 saturated heterocycles. The Morgan fingerprint density at radius 2 is 1.40 bits per heavy atom. The summed E-state index contributed by atoms with van der Waals surface area (Å²) in [6.07, 6.45) is 1.76. The van der Waals surface area contributed by atoms with E-state index in [0.717, 1.165) is 12.8 Å². The number of Topliss-reactive ketones (excluding diaryl/α,β-unsaturated/α-hetero) is 1. The van der Waals surface area contributed by atoms with Crippen molar-refractivity contribution >= 4 is 35.2 Å². The van der Waals surface area contributed by atoms with Crippen molar-refractivity contribution in [2.24, 2.45) is 23.7 Å². The number of anilines is 1. The van der Waals surface area contributed by atoms with E-state index >= 15 is 0 Å². The summed E-state index contributed by atoms with van der Waals surface area (Å²) in [7, 11) is 1.50. The molecule has 0 unspecified atom stereocenters. The van der Waals surface area contributed by atoms with Crippen LogP contribution in [0.4, 0.5) is 5.69 Å². The summed E-state index contributed by atoms with van der Waals surface area (Å²) in [5, 5.41) is 0. The molecule has 9 nitrogen and oxygen atoms in total. The van der Waals surface area contributed by atoms with Crippen molar-refractivity contribution in [2.45, 2.75) is 18.8 Å². The normalized spacial score (nSPS) is 22.6. The second-order valence-electron chi connectivity index (χ2n) is 12.2. The third kappa shape index (κ3) is 5.58. The molecule has 0 N–H and O–H groups in total. The minimum Gasteiger partial charge on any atom is -0.497 e. The molecule has 7 rings (SSSR count). The molecule has 0 spiro atoms. The summed E-state index contributed by atoms with van der Waals surface area (Å²) in [5.74, 6) is -1.64. The van der Waals surface area contributed by atoms with Gasteiger partial charge in [0.15, 0.2) is 12.4 Å². The maximum absolute atomic E-state index is 13.7. The number of benzene rings is 4. The molecule has 4 aromatic rings. The van der Waals surface area contributed by atoms with Crippen LogP contribution >= 0.6 is 0 Å². The Kier molecular flexibility index (Phi) is 7.89. The summed E-state index contributed by atoms with van der Waals surface area (Å²) in [6, 6.07) is 28.8. The Labute approximate surface area is 271 Å². The second kappa shape index (κ2) is 12.3. The highest BCUT2D eigenvalue weighted by Crippen LogP contribution is 2.61. The van der Waals surface area contributed by atoms with E-state index in [2.05, 4.69) is 12.1 Å². The van der Waals surface area contributed by atoms with Crippen LogP contribution in [0, 0.1) is 23.7 Å². The van der Waals surface area contributed by atoms with Crippen LogP contribution in [0.1, 0.15) is 55.4 Å². The average Bonchev–Trinajstić information content (AvgIpc) is 3.78. The molecular weight excluding hydrogens is 598 g/mol. The number of fused-ring (bicyclic) bond motifs is 5. The number of carbonyl (C=O) groups excluding carboxylic acids is 5. The number of amides is 2. The molecule has 2 aliphatic carbocycles. The van der Waals surface area contributed by atoms with Crippen LogP contribution < -0.4 is 14.4 Å². The topological polar surface area (TPSA) is 116 Å². The number of hydrogen-bond donors (Lipinski definition) is 0. The fraction of sp³-hybridized carbons (Fsp3) is 0.237. The maximum atomic E-state index is 13.7. The Balaban J connectivity index is 0.973. The van der Waals surface area contributed by atoms with Gasteiger partial charge in [-0.2, -0.15) is 0 Å². The zero-order valence-corrected chi connectivity index (χ0v) is 25.5. The minimum absolute atomic E-state index is 0.113. The number of rotatable bonds is 9. The van der Waals surface area contributed by atoms with Crippen LogP contribution in [0.5, 0.6) is 11.5 Å². The average molecular weight is 630 g/mol. The van der Waals surface area contributed by atoms with E-state index in [0.29, 0.717) is 17.0 Å². The number of hydrogen-bond acceptors (Lipinski definition) is 8. The Hall–Kier alpha value is -5.57. The Bertz CT molecular complexity index is 1890. The molecule has 1 heterocycles. The van der Waals surface area contributed by atoms with Gasteiger partial charge in [-0.1, -0.05) is 42.5 Å². The number of imide groups is 1. The lowest BCUT2D eigenvalue weighted by Gasteiger charge is -2.28. The highest BCUT2D eigenvalue weighted by Gasteiger charge is 2.64. The number of ether oxygens (including phenoxy) is 3. The minimum atomic E-state index is -0.757. The van der Waals surface area contributed by atoms with Gasteiger partial charge in [-0.3, -0.25) is 19.3 Å².